The number of aromatic amines is 1. The van der Waals surface area contributed by atoms with Crippen LogP contribution in [0.25, 0.3) is 10.9 Å². The second kappa shape index (κ2) is 6.83. The summed E-state index contributed by atoms with van der Waals surface area (Å²) in [6, 6.07) is 5.90. The highest BCUT2D eigenvalue weighted by atomic mass is 16.7. The average molecular weight is 382 g/mol. The van der Waals surface area contributed by atoms with Crippen molar-refractivity contribution in [1.29, 1.82) is 0 Å². The van der Waals surface area contributed by atoms with E-state index in [2.05, 4.69) is 9.97 Å². The molecule has 146 valence electrons. The number of rotatable bonds is 4. The molecule has 1 aromatic carbocycles. The quantitative estimate of drug-likeness (QED) is 0.695. The maximum atomic E-state index is 12.1. The monoisotopic (exact) mass is 382 g/mol. The number of aromatic nitrogens is 2. The number of nitrogens with one attached hydrogen (secondary N) is 1. The minimum atomic E-state index is -0.843. The first-order chi connectivity index (χ1) is 13.4. The van der Waals surface area contributed by atoms with E-state index >= 15 is 0 Å². The van der Waals surface area contributed by atoms with Crippen molar-refractivity contribution in [3.05, 3.63) is 53.0 Å². The van der Waals surface area contributed by atoms with Gasteiger partial charge in [-0.2, -0.15) is 0 Å². The molecule has 0 atom stereocenters. The Morgan fingerprint density at radius 3 is 2.86 bits per heavy atom. The van der Waals surface area contributed by atoms with Crippen molar-refractivity contribution in [3.63, 3.8) is 0 Å². The maximum absolute atomic E-state index is 12.1. The van der Waals surface area contributed by atoms with Crippen LogP contribution in [0.15, 0.2) is 30.6 Å². The van der Waals surface area contributed by atoms with Crippen LogP contribution in [0.5, 0.6) is 11.5 Å². The third-order valence-electron chi connectivity index (χ3n) is 4.87. The zero-order valence-corrected chi connectivity index (χ0v) is 16.3. The summed E-state index contributed by atoms with van der Waals surface area (Å²) in [5.74, 6) is -0.150. The van der Waals surface area contributed by atoms with Crippen molar-refractivity contribution in [2.24, 2.45) is 0 Å². The van der Waals surface area contributed by atoms with Gasteiger partial charge in [0.2, 0.25) is 5.79 Å². The summed E-state index contributed by atoms with van der Waals surface area (Å²) in [6.45, 7) is 3.93. The molecule has 0 amide bonds. The van der Waals surface area contributed by atoms with E-state index in [1.165, 1.54) is 7.11 Å². The predicted molar refractivity (Wildman–Crippen MR) is 103 cm³/mol. The summed E-state index contributed by atoms with van der Waals surface area (Å²) in [7, 11) is 2.98. The molecule has 0 saturated carbocycles. The van der Waals surface area contributed by atoms with Gasteiger partial charge in [0.05, 0.1) is 20.8 Å². The van der Waals surface area contributed by atoms with Gasteiger partial charge in [-0.25, -0.2) is 9.78 Å². The number of benzene rings is 1. The van der Waals surface area contributed by atoms with Crippen LogP contribution in [0.2, 0.25) is 0 Å². The first-order valence-electron chi connectivity index (χ1n) is 8.98. The summed E-state index contributed by atoms with van der Waals surface area (Å²) in [5.41, 5.74) is 4.03. The Morgan fingerprint density at radius 2 is 2.11 bits per heavy atom. The summed E-state index contributed by atoms with van der Waals surface area (Å²) in [5, 5.41) is 1.07. The zero-order chi connectivity index (χ0) is 19.9. The Kier molecular flexibility index (Phi) is 4.47. The van der Waals surface area contributed by atoms with Gasteiger partial charge < -0.3 is 23.9 Å². The van der Waals surface area contributed by atoms with Crippen molar-refractivity contribution in [2.45, 2.75) is 32.7 Å². The first-order valence-corrected chi connectivity index (χ1v) is 8.98. The molecule has 0 radical (unpaired) electrons. The summed E-state index contributed by atoms with van der Waals surface area (Å²) in [6.07, 6.45) is 4.27. The molecule has 1 N–H and O–H groups in total. The molecule has 28 heavy (non-hydrogen) atoms. The number of fused-ring (bicyclic) bond motifs is 2. The number of carbonyl (C=O) groups is 1. The number of nitrogens with zero attached hydrogens (tertiary/aromatic N) is 1. The van der Waals surface area contributed by atoms with E-state index in [0.29, 0.717) is 18.8 Å². The van der Waals surface area contributed by atoms with Crippen LogP contribution in [0.1, 0.15) is 41.0 Å². The van der Waals surface area contributed by atoms with Gasteiger partial charge in [-0.05, 0) is 29.3 Å². The molecule has 4 rings (SSSR count). The molecular weight excluding hydrogens is 360 g/mol. The highest BCUT2D eigenvalue weighted by Crippen LogP contribution is 2.37. The number of hydrogen-bond donors (Lipinski definition) is 1. The smallest absolute Gasteiger partial charge is 0.360 e. The minimum Gasteiger partial charge on any atom is -0.497 e. The molecule has 3 heterocycles. The van der Waals surface area contributed by atoms with E-state index in [9.17, 15) is 4.79 Å². The molecule has 7 nitrogen and oxygen atoms in total. The number of carbonyl (C=O) groups excluding carboxylic acids is 1. The van der Waals surface area contributed by atoms with Gasteiger partial charge in [-0.3, -0.25) is 0 Å². The molecule has 0 bridgehead atoms. The third kappa shape index (κ3) is 3.18. The van der Waals surface area contributed by atoms with Gasteiger partial charge in [0.25, 0.3) is 0 Å². The van der Waals surface area contributed by atoms with Crippen LogP contribution in [-0.2, 0) is 22.5 Å². The van der Waals surface area contributed by atoms with Gasteiger partial charge in [-0.1, -0.05) is 0 Å². The third-order valence-corrected chi connectivity index (χ3v) is 4.87. The Hall–Kier alpha value is -3.06. The topological polar surface area (TPSA) is 82.7 Å². The highest BCUT2D eigenvalue weighted by molar-refractivity contribution is 5.91. The SMILES string of the molecule is COC(=O)c1ncc(Cc2c[nH]c3ccc(OC)cc23)c2c1OC(C)(C)OC2. The number of hydrogen-bond acceptors (Lipinski definition) is 6. The van der Waals surface area contributed by atoms with Gasteiger partial charge in [0.1, 0.15) is 5.75 Å². The fourth-order valence-corrected chi connectivity index (χ4v) is 3.39. The lowest BCUT2D eigenvalue weighted by atomic mass is 9.99. The summed E-state index contributed by atoms with van der Waals surface area (Å²) in [4.78, 5) is 19.8. The van der Waals surface area contributed by atoms with E-state index in [4.69, 9.17) is 18.9 Å². The second-order valence-corrected chi connectivity index (χ2v) is 7.12. The standard InChI is InChI=1S/C21H22N2O5/c1-21(2)27-11-16-13(10-23-18(19(16)28-21)20(24)26-4)7-12-9-22-17-6-5-14(25-3)8-15(12)17/h5-6,8-10,22H,7,11H2,1-4H3. The fraction of sp³-hybridized carbons (Fsp3) is 0.333. The molecule has 1 aliphatic rings. The number of methoxy groups -OCH3 is 2. The summed E-state index contributed by atoms with van der Waals surface area (Å²) < 4.78 is 22.0. The van der Waals surface area contributed by atoms with Crippen LogP contribution in [0, 0.1) is 0 Å². The lowest BCUT2D eigenvalue weighted by Crippen LogP contribution is -2.37. The van der Waals surface area contributed by atoms with Gasteiger partial charge in [0.15, 0.2) is 11.4 Å². The lowest BCUT2D eigenvalue weighted by Gasteiger charge is -2.34. The molecule has 0 aliphatic carbocycles. The molecule has 3 aromatic rings. The van der Waals surface area contributed by atoms with Gasteiger partial charge in [-0.15, -0.1) is 0 Å². The van der Waals surface area contributed by atoms with Crippen LogP contribution in [0.3, 0.4) is 0 Å². The van der Waals surface area contributed by atoms with Crippen molar-refractivity contribution < 1.29 is 23.7 Å². The molecule has 0 fully saturated rings. The van der Waals surface area contributed by atoms with E-state index in [1.807, 2.05) is 24.4 Å². The minimum absolute atomic E-state index is 0.165. The number of pyridine rings is 1. The predicted octanol–water partition coefficient (Wildman–Crippen LogP) is 3.59. The zero-order valence-electron chi connectivity index (χ0n) is 16.3. The average Bonchev–Trinajstić information content (AvgIpc) is 3.08. The van der Waals surface area contributed by atoms with Crippen molar-refractivity contribution in [3.8, 4) is 11.5 Å². The van der Waals surface area contributed by atoms with Crippen LogP contribution >= 0.6 is 0 Å². The fourth-order valence-electron chi connectivity index (χ4n) is 3.39. The van der Waals surface area contributed by atoms with Crippen LogP contribution in [-0.4, -0.2) is 35.9 Å². The van der Waals surface area contributed by atoms with Crippen molar-refractivity contribution >= 4 is 16.9 Å². The Labute approximate surface area is 162 Å². The van der Waals surface area contributed by atoms with Crippen molar-refractivity contribution in [1.82, 2.24) is 9.97 Å². The molecule has 0 unspecified atom stereocenters. The highest BCUT2D eigenvalue weighted by Gasteiger charge is 2.33. The largest absolute Gasteiger partial charge is 0.497 e. The van der Waals surface area contributed by atoms with Gasteiger partial charge >= 0.3 is 5.97 Å². The molecule has 1 aliphatic heterocycles. The van der Waals surface area contributed by atoms with E-state index in [0.717, 1.165) is 33.3 Å². The molecular formula is C21H22N2O5. The number of esters is 1. The van der Waals surface area contributed by atoms with Crippen LogP contribution < -0.4 is 9.47 Å². The Morgan fingerprint density at radius 1 is 1.29 bits per heavy atom. The van der Waals surface area contributed by atoms with E-state index in [-0.39, 0.29) is 5.69 Å². The normalized spacial score (nSPS) is 15.0. The molecule has 7 heteroatoms. The molecule has 0 saturated heterocycles. The van der Waals surface area contributed by atoms with E-state index in [1.54, 1.807) is 27.2 Å². The van der Waals surface area contributed by atoms with Crippen molar-refractivity contribution in [2.75, 3.05) is 14.2 Å². The number of ether oxygens (including phenoxy) is 4. The van der Waals surface area contributed by atoms with Crippen LogP contribution in [0.4, 0.5) is 0 Å². The Bertz CT molecular complexity index is 1050. The number of H-pyrrole nitrogens is 1. The van der Waals surface area contributed by atoms with Gasteiger partial charge in [0, 0.05) is 49.1 Å². The molecule has 2 aromatic heterocycles. The lowest BCUT2D eigenvalue weighted by molar-refractivity contribution is -0.180. The Balaban J connectivity index is 1.78. The maximum Gasteiger partial charge on any atom is 0.360 e. The summed E-state index contributed by atoms with van der Waals surface area (Å²) >= 11 is 0. The second-order valence-electron chi connectivity index (χ2n) is 7.12. The molecule has 0 spiro atoms. The van der Waals surface area contributed by atoms with E-state index < -0.39 is 11.8 Å². The first kappa shape index (κ1) is 18.3.